The highest BCUT2D eigenvalue weighted by Crippen LogP contribution is 2.35. The van der Waals surface area contributed by atoms with E-state index in [0.29, 0.717) is 26.9 Å². The highest BCUT2D eigenvalue weighted by Gasteiger charge is 2.40. The zero-order valence-electron chi connectivity index (χ0n) is 24.6. The predicted octanol–water partition coefficient (Wildman–Crippen LogP) is 5.58. The summed E-state index contributed by atoms with van der Waals surface area (Å²) in [6, 6.07) is 8.69. The van der Waals surface area contributed by atoms with E-state index in [0.717, 1.165) is 15.9 Å². The second-order valence-corrected chi connectivity index (χ2v) is 11.6. The number of nitrogens with two attached hydrogens (primary N) is 1. The van der Waals surface area contributed by atoms with Crippen LogP contribution >= 0.6 is 11.6 Å². The average Bonchev–Trinajstić information content (AvgIpc) is 3.73. The van der Waals surface area contributed by atoms with Gasteiger partial charge in [0.25, 0.3) is 12.3 Å². The number of nitrogens with one attached hydrogen (secondary N) is 1. The minimum Gasteiger partial charge on any atom is -0.447 e. The number of carbonyl (C=O) groups is 2. The second kappa shape index (κ2) is 12.8. The maximum Gasteiger partial charge on any atom is 0.407 e. The van der Waals surface area contributed by atoms with Crippen LogP contribution in [0.3, 0.4) is 0 Å². The number of aromatic nitrogens is 5. The lowest BCUT2D eigenvalue weighted by molar-refractivity contribution is -0.129. The molecule has 3 heterocycles. The van der Waals surface area contributed by atoms with Crippen LogP contribution in [0.5, 0.6) is 0 Å². The Morgan fingerprint density at radius 3 is 2.43 bits per heavy atom. The molecule has 0 aliphatic carbocycles. The fourth-order valence-corrected chi connectivity index (χ4v) is 4.97. The van der Waals surface area contributed by atoms with E-state index in [-0.39, 0.29) is 16.7 Å². The van der Waals surface area contributed by atoms with Crippen molar-refractivity contribution < 1.29 is 31.9 Å². The van der Waals surface area contributed by atoms with Crippen LogP contribution in [-0.2, 0) is 9.53 Å². The summed E-state index contributed by atoms with van der Waals surface area (Å²) < 4.78 is 60.1. The van der Waals surface area contributed by atoms with Gasteiger partial charge in [0, 0.05) is 17.3 Å². The van der Waals surface area contributed by atoms with E-state index in [4.69, 9.17) is 22.1 Å². The van der Waals surface area contributed by atoms with Gasteiger partial charge in [-0.2, -0.15) is 19.0 Å². The number of aliphatic imine (C=N–C) groups is 1. The quantitative estimate of drug-likeness (QED) is 0.223. The average molecular weight is 662 g/mol. The number of alkyl carbamates (subject to hydrolysis) is 1. The first-order valence-corrected chi connectivity index (χ1v) is 14.1. The Morgan fingerprint density at radius 1 is 1.09 bits per heavy atom. The van der Waals surface area contributed by atoms with Gasteiger partial charge < -0.3 is 15.8 Å². The molecule has 4 aromatic rings. The third-order valence-electron chi connectivity index (χ3n) is 6.85. The number of halogens is 5. The topological polar surface area (TPSA) is 146 Å². The van der Waals surface area contributed by atoms with Crippen LogP contribution < -0.4 is 11.1 Å². The van der Waals surface area contributed by atoms with Gasteiger partial charge in [0.1, 0.15) is 12.9 Å². The fourth-order valence-electron chi connectivity index (χ4n) is 4.78. The molecule has 12 nitrogen and oxygen atoms in total. The van der Waals surface area contributed by atoms with Crippen molar-refractivity contribution in [2.75, 3.05) is 6.61 Å². The molecule has 0 saturated heterocycles. The molecule has 2 aromatic carbocycles. The van der Waals surface area contributed by atoms with Crippen LogP contribution in [0.25, 0.3) is 16.8 Å². The molecule has 1 aliphatic rings. The van der Waals surface area contributed by atoms with Gasteiger partial charge in [0.05, 0.1) is 22.9 Å². The molecule has 0 saturated carbocycles. The minimum absolute atomic E-state index is 0.0422. The maximum absolute atomic E-state index is 13.9. The van der Waals surface area contributed by atoms with Crippen LogP contribution in [-0.4, -0.2) is 59.6 Å². The summed E-state index contributed by atoms with van der Waals surface area (Å²) in [5.41, 5.74) is 7.49. The first kappa shape index (κ1) is 32.4. The second-order valence-electron chi connectivity index (χ2n) is 11.2. The van der Waals surface area contributed by atoms with Crippen molar-refractivity contribution in [3.8, 4) is 16.8 Å². The van der Waals surface area contributed by atoms with Crippen LogP contribution in [0.2, 0.25) is 5.02 Å². The third kappa shape index (κ3) is 6.80. The summed E-state index contributed by atoms with van der Waals surface area (Å²) in [5, 5.41) is 10.2. The highest BCUT2D eigenvalue weighted by molar-refractivity contribution is 6.32. The third-order valence-corrected chi connectivity index (χ3v) is 7.17. The van der Waals surface area contributed by atoms with Crippen molar-refractivity contribution in [2.45, 2.75) is 51.4 Å². The highest BCUT2D eigenvalue weighted by atomic mass is 35.5. The monoisotopic (exact) mass is 661 g/mol. The van der Waals surface area contributed by atoms with Crippen molar-refractivity contribution in [1.29, 1.82) is 0 Å². The summed E-state index contributed by atoms with van der Waals surface area (Å²) in [7, 11) is 0. The molecular formula is C29H28ClF4N9O3. The number of benzene rings is 2. The smallest absolute Gasteiger partial charge is 0.407 e. The van der Waals surface area contributed by atoms with E-state index in [2.05, 4.69) is 25.5 Å². The molecule has 0 unspecified atom stereocenters. The van der Waals surface area contributed by atoms with E-state index in [1.165, 1.54) is 30.6 Å². The molecule has 242 valence electrons. The number of carbonyl (C=O) groups excluding carboxylic acids is 2. The number of amides is 2. The molecule has 2 atom stereocenters. The van der Waals surface area contributed by atoms with Gasteiger partial charge in [0.2, 0.25) is 0 Å². The number of nitrogens with zero attached hydrogens (tertiary/aromatic N) is 7. The van der Waals surface area contributed by atoms with Gasteiger partial charge in [-0.25, -0.2) is 32.9 Å². The largest absolute Gasteiger partial charge is 0.447 e. The molecular weight excluding hydrogens is 634 g/mol. The molecule has 3 N–H and O–H groups in total. The van der Waals surface area contributed by atoms with Crippen molar-refractivity contribution >= 4 is 29.6 Å². The lowest BCUT2D eigenvalue weighted by Crippen LogP contribution is -2.45. The number of hydrogen-bond donors (Lipinski definition) is 2. The predicted molar refractivity (Wildman–Crippen MR) is 158 cm³/mol. The van der Waals surface area contributed by atoms with Gasteiger partial charge in [0.15, 0.2) is 17.8 Å². The molecule has 2 amide bonds. The van der Waals surface area contributed by atoms with E-state index < -0.39 is 55.0 Å². The van der Waals surface area contributed by atoms with Gasteiger partial charge in [-0.1, -0.05) is 41.9 Å². The number of hydrogen-bond acceptors (Lipinski definition) is 8. The normalized spacial score (nSPS) is 15.9. The summed E-state index contributed by atoms with van der Waals surface area (Å²) >= 11 is 6.36. The summed E-state index contributed by atoms with van der Waals surface area (Å²) in [5.74, 6) is -1.40. The zero-order chi connectivity index (χ0) is 33.3. The first-order valence-electron chi connectivity index (χ1n) is 13.8. The zero-order valence-corrected chi connectivity index (χ0v) is 25.4. The van der Waals surface area contributed by atoms with E-state index in [9.17, 15) is 27.2 Å². The molecule has 0 fully saturated rings. The van der Waals surface area contributed by atoms with Crippen LogP contribution in [0, 0.1) is 0 Å². The summed E-state index contributed by atoms with van der Waals surface area (Å²) in [4.78, 5) is 35.6. The lowest BCUT2D eigenvalue weighted by Gasteiger charge is -2.29. The van der Waals surface area contributed by atoms with Crippen LogP contribution in [0.1, 0.15) is 62.8 Å². The van der Waals surface area contributed by atoms with E-state index in [1.54, 1.807) is 45.0 Å². The van der Waals surface area contributed by atoms with Crippen LogP contribution in [0.15, 0.2) is 66.2 Å². The van der Waals surface area contributed by atoms with Crippen molar-refractivity contribution in [1.82, 2.24) is 34.8 Å². The van der Waals surface area contributed by atoms with Gasteiger partial charge in [-0.3, -0.25) is 9.69 Å². The number of ether oxygens (including phenoxy) is 1. The van der Waals surface area contributed by atoms with Crippen molar-refractivity contribution in [2.24, 2.45) is 10.7 Å². The first-order chi connectivity index (χ1) is 21.7. The Morgan fingerprint density at radius 2 is 1.80 bits per heavy atom. The van der Waals surface area contributed by atoms with E-state index >= 15 is 0 Å². The molecule has 0 bridgehead atoms. The SMILES string of the molecule is CC(C)(C)NC(=O)OC[C@H](c1ccc(Cl)c(-n2ncnc2C(F)F)c1)N1C(=O)[C@@H](c2ccc(-c3cnn(C(F)F)c3)cc2)N=C1N. The van der Waals surface area contributed by atoms with Gasteiger partial charge in [-0.15, -0.1) is 0 Å². The van der Waals surface area contributed by atoms with Crippen molar-refractivity contribution in [3.05, 3.63) is 83.2 Å². The van der Waals surface area contributed by atoms with Crippen LogP contribution in [0.4, 0.5) is 22.4 Å². The molecule has 0 spiro atoms. The molecule has 46 heavy (non-hydrogen) atoms. The standard InChI is InChI=1S/C29H28ClF4N9O3/c1-29(2,3)40-28(45)46-13-21(17-8-9-19(30)20(10-17)43-24(23(31)32)36-14-38-43)42-25(44)22(39-27(42)35)16-6-4-15(5-7-16)18-11-37-41(12-18)26(33)34/h4-12,14,21-23,26H,13H2,1-3H3,(H2,35,39)(H,40,45)/t21-,22-/m1/s1. The number of alkyl halides is 4. The number of guanidine groups is 1. The number of rotatable bonds is 9. The Bertz CT molecular complexity index is 1770. The Labute approximate surface area is 264 Å². The Hall–Kier alpha value is -4.99. The van der Waals surface area contributed by atoms with Crippen molar-refractivity contribution in [3.63, 3.8) is 0 Å². The lowest BCUT2D eigenvalue weighted by atomic mass is 10.0. The summed E-state index contributed by atoms with van der Waals surface area (Å²) in [6.45, 7) is 2.08. The molecule has 17 heteroatoms. The van der Waals surface area contributed by atoms with E-state index in [1.807, 2.05) is 0 Å². The molecule has 5 rings (SSSR count). The Kier molecular flexibility index (Phi) is 9.01. The minimum atomic E-state index is -2.96. The van der Waals surface area contributed by atoms with Gasteiger partial charge in [-0.05, 0) is 49.6 Å². The van der Waals surface area contributed by atoms with Gasteiger partial charge >= 0.3 is 12.6 Å². The Balaban J connectivity index is 1.47. The summed E-state index contributed by atoms with van der Waals surface area (Å²) in [6.07, 6.45) is -0.283. The fraction of sp³-hybridized carbons (Fsp3) is 0.310. The molecule has 2 aromatic heterocycles. The maximum atomic E-state index is 13.9. The molecule has 1 aliphatic heterocycles. The molecule has 0 radical (unpaired) electrons.